The van der Waals surface area contributed by atoms with Gasteiger partial charge in [-0.25, -0.2) is 0 Å². The van der Waals surface area contributed by atoms with Crippen LogP contribution in [0.15, 0.2) is 0 Å². The van der Waals surface area contributed by atoms with E-state index in [2.05, 4.69) is 6.92 Å². The summed E-state index contributed by atoms with van der Waals surface area (Å²) < 4.78 is 0. The summed E-state index contributed by atoms with van der Waals surface area (Å²) in [7, 11) is 0. The van der Waals surface area contributed by atoms with Gasteiger partial charge in [-0.05, 0) is 18.9 Å². The van der Waals surface area contributed by atoms with Gasteiger partial charge in [0.05, 0.1) is 0 Å². The molecule has 0 aliphatic carbocycles. The second-order valence-electron chi connectivity index (χ2n) is 0.493. The number of rotatable bonds is 1. The summed E-state index contributed by atoms with van der Waals surface area (Å²) in [4.78, 5) is 0. The summed E-state index contributed by atoms with van der Waals surface area (Å²) >= 11 is 1.75. The summed E-state index contributed by atoms with van der Waals surface area (Å²) in [5.74, 6) is 0.986. The van der Waals surface area contributed by atoms with Gasteiger partial charge in [-0.3, -0.25) is 0 Å². The zero-order valence-electron chi connectivity index (χ0n) is 2.82. The van der Waals surface area contributed by atoms with Crippen molar-refractivity contribution < 1.29 is 0 Å². The molecule has 0 rings (SSSR count). The Bertz CT molecular complexity index is 8.85. The summed E-state index contributed by atoms with van der Waals surface area (Å²) in [5, 5.41) is 0. The molecule has 1 radical (unpaired) electrons. The van der Waals surface area contributed by atoms with E-state index in [-0.39, 0.29) is 29.6 Å². The molecule has 0 unspecified atom stereocenters. The summed E-state index contributed by atoms with van der Waals surface area (Å²) in [6.07, 6.45) is 2.03. The topological polar surface area (TPSA) is 0 Å². The van der Waals surface area contributed by atoms with Gasteiger partial charge in [-0.15, -0.1) is 0 Å². The van der Waals surface area contributed by atoms with Crippen molar-refractivity contribution in [1.82, 2.24) is 0 Å². The van der Waals surface area contributed by atoms with Crippen LogP contribution in [0.25, 0.3) is 0 Å². The minimum absolute atomic E-state index is 0. The van der Waals surface area contributed by atoms with E-state index in [1.165, 1.54) is 0 Å². The first-order valence-electron chi connectivity index (χ1n) is 1.20. The van der Waals surface area contributed by atoms with Crippen LogP contribution in [0.4, 0.5) is 0 Å². The fourth-order valence-corrected chi connectivity index (χ4v) is 0. The molecule has 0 amide bonds. The van der Waals surface area contributed by atoms with Gasteiger partial charge < -0.3 is 0 Å². The summed E-state index contributed by atoms with van der Waals surface area (Å²) in [6.45, 7) is 3.57. The second kappa shape index (κ2) is 9.02. The Hall–Kier alpha value is 1.35. The van der Waals surface area contributed by atoms with Crippen LogP contribution in [0, 0.1) is 6.92 Å². The third-order valence-electron chi connectivity index (χ3n) is 0.204. The first kappa shape index (κ1) is 9.61. The first-order valence-corrected chi connectivity index (χ1v) is 2.59. The van der Waals surface area contributed by atoms with Crippen molar-refractivity contribution in [2.75, 3.05) is 12.0 Å². The monoisotopic (exact) mass is 99.0 g/mol. The molecule has 0 saturated carbocycles. The zero-order chi connectivity index (χ0) is 3.41. The molecule has 0 aliphatic heterocycles. The van der Waals surface area contributed by atoms with Crippen LogP contribution in [-0.2, 0) is 0 Å². The van der Waals surface area contributed by atoms with E-state index in [0.29, 0.717) is 0 Å². The number of thioether (sulfide) groups is 1. The minimum atomic E-state index is 0. The van der Waals surface area contributed by atoms with Crippen LogP contribution >= 0.6 is 11.8 Å². The van der Waals surface area contributed by atoms with Gasteiger partial charge in [0.15, 0.2) is 0 Å². The summed E-state index contributed by atoms with van der Waals surface area (Å²) in [5.41, 5.74) is 0. The van der Waals surface area contributed by atoms with Gasteiger partial charge in [-0.2, -0.15) is 11.8 Å². The molecule has 0 heterocycles. The molecule has 0 atom stereocenters. The standard InChI is InChI=1S/C3H7S.Na.H/c1-3-4-2;;/h1,3H2,2H3;;. The van der Waals surface area contributed by atoms with Crippen LogP contribution in [0.1, 0.15) is 0 Å². The molecule has 0 bridgehead atoms. The quantitative estimate of drug-likeness (QED) is 0.432. The molecule has 2 heteroatoms. The first-order chi connectivity index (χ1) is 1.91. The average Bonchev–Trinajstić information content (AvgIpc) is 1.37. The molecular formula is C3H8NaS. The van der Waals surface area contributed by atoms with E-state index in [9.17, 15) is 0 Å². The third-order valence-corrected chi connectivity index (χ3v) is 0.612. The number of hydrogen-bond acceptors (Lipinski definition) is 1. The Morgan fingerprint density at radius 3 is 2.00 bits per heavy atom. The maximum absolute atomic E-state index is 3.57. The molecule has 0 saturated heterocycles. The third kappa shape index (κ3) is 10.9. The number of hydrogen-bond donors (Lipinski definition) is 0. The predicted molar refractivity (Wildman–Crippen MR) is 30.9 cm³/mol. The molecule has 0 aromatic heterocycles. The molecule has 0 aliphatic rings. The van der Waals surface area contributed by atoms with Crippen LogP contribution in [0.3, 0.4) is 0 Å². The van der Waals surface area contributed by atoms with Crippen molar-refractivity contribution in [3.63, 3.8) is 0 Å². The second-order valence-corrected chi connectivity index (χ2v) is 1.48. The fourth-order valence-electron chi connectivity index (χ4n) is 0. The normalized spacial score (nSPS) is 6.00. The average molecular weight is 99.2 g/mol. The van der Waals surface area contributed by atoms with E-state index < -0.39 is 0 Å². The maximum atomic E-state index is 3.57. The van der Waals surface area contributed by atoms with Gasteiger partial charge >= 0.3 is 29.6 Å². The van der Waals surface area contributed by atoms with Crippen LogP contribution in [0.5, 0.6) is 0 Å². The van der Waals surface area contributed by atoms with Crippen molar-refractivity contribution >= 4 is 41.3 Å². The van der Waals surface area contributed by atoms with E-state index in [4.69, 9.17) is 0 Å². The zero-order valence-corrected chi connectivity index (χ0v) is 3.64. The molecule has 0 aromatic rings. The van der Waals surface area contributed by atoms with Gasteiger partial charge in [0, 0.05) is 0 Å². The Balaban J connectivity index is 0. The molecule has 0 N–H and O–H groups in total. The Kier molecular flexibility index (Phi) is 17.3. The Morgan fingerprint density at radius 1 is 1.80 bits per heavy atom. The Morgan fingerprint density at radius 2 is 2.00 bits per heavy atom. The van der Waals surface area contributed by atoms with Gasteiger partial charge in [-0.1, -0.05) is 0 Å². The molecular weight excluding hydrogens is 91.1 g/mol. The van der Waals surface area contributed by atoms with E-state index in [1.54, 1.807) is 11.8 Å². The van der Waals surface area contributed by atoms with Crippen molar-refractivity contribution in [3.05, 3.63) is 6.92 Å². The SMILES string of the molecule is [CH2]CSC.[NaH]. The van der Waals surface area contributed by atoms with Gasteiger partial charge in [0.2, 0.25) is 0 Å². The van der Waals surface area contributed by atoms with Gasteiger partial charge in [0.25, 0.3) is 0 Å². The molecule has 0 nitrogen and oxygen atoms in total. The molecule has 0 spiro atoms. The van der Waals surface area contributed by atoms with E-state index in [1.807, 2.05) is 6.26 Å². The predicted octanol–water partition coefficient (Wildman–Crippen LogP) is 0.535. The van der Waals surface area contributed by atoms with Crippen LogP contribution in [0.2, 0.25) is 0 Å². The van der Waals surface area contributed by atoms with Crippen molar-refractivity contribution in [1.29, 1.82) is 0 Å². The fraction of sp³-hybridized carbons (Fsp3) is 0.667. The molecule has 5 heavy (non-hydrogen) atoms. The van der Waals surface area contributed by atoms with Crippen LogP contribution < -0.4 is 0 Å². The van der Waals surface area contributed by atoms with Crippen LogP contribution in [-0.4, -0.2) is 41.6 Å². The van der Waals surface area contributed by atoms with Crippen molar-refractivity contribution in [2.45, 2.75) is 0 Å². The molecule has 0 aromatic carbocycles. The molecule has 0 fully saturated rings. The van der Waals surface area contributed by atoms with Gasteiger partial charge in [0.1, 0.15) is 0 Å². The van der Waals surface area contributed by atoms with E-state index in [0.717, 1.165) is 5.75 Å². The van der Waals surface area contributed by atoms with Crippen molar-refractivity contribution in [2.24, 2.45) is 0 Å². The summed E-state index contributed by atoms with van der Waals surface area (Å²) in [6, 6.07) is 0. The van der Waals surface area contributed by atoms with Crippen molar-refractivity contribution in [3.8, 4) is 0 Å². The molecule has 27 valence electrons. The Labute approximate surface area is 60.0 Å². The van der Waals surface area contributed by atoms with E-state index >= 15 is 0 Å².